The van der Waals surface area contributed by atoms with E-state index in [9.17, 15) is 19.7 Å². The average molecular weight is 278 g/mol. The van der Waals surface area contributed by atoms with Gasteiger partial charge in [-0.05, 0) is 25.3 Å². The van der Waals surface area contributed by atoms with Crippen LogP contribution in [0.5, 0.6) is 0 Å². The van der Waals surface area contributed by atoms with Crippen LogP contribution in [0, 0.1) is 17.0 Å². The van der Waals surface area contributed by atoms with E-state index < -0.39 is 16.8 Å². The summed E-state index contributed by atoms with van der Waals surface area (Å²) in [6.07, 6.45) is 1.54. The fourth-order valence-electron chi connectivity index (χ4n) is 2.01. The summed E-state index contributed by atoms with van der Waals surface area (Å²) in [5.74, 6) is -1.55. The van der Waals surface area contributed by atoms with Crippen molar-refractivity contribution in [1.82, 2.24) is 4.90 Å². The van der Waals surface area contributed by atoms with E-state index in [1.165, 1.54) is 23.1 Å². The number of hydrogen-bond acceptors (Lipinski definition) is 4. The highest BCUT2D eigenvalue weighted by Crippen LogP contribution is 2.29. The molecule has 0 aliphatic heterocycles. The van der Waals surface area contributed by atoms with Gasteiger partial charge in [-0.1, -0.05) is 6.07 Å². The van der Waals surface area contributed by atoms with Crippen LogP contribution < -0.4 is 0 Å². The van der Waals surface area contributed by atoms with E-state index in [4.69, 9.17) is 5.11 Å². The molecule has 106 valence electrons. The fourth-order valence-corrected chi connectivity index (χ4v) is 2.01. The van der Waals surface area contributed by atoms with E-state index >= 15 is 0 Å². The van der Waals surface area contributed by atoms with E-state index in [2.05, 4.69) is 0 Å². The van der Waals surface area contributed by atoms with Gasteiger partial charge in [0.2, 0.25) is 0 Å². The molecule has 7 heteroatoms. The summed E-state index contributed by atoms with van der Waals surface area (Å²) in [6.45, 7) is 1.29. The van der Waals surface area contributed by atoms with Gasteiger partial charge in [0.15, 0.2) is 0 Å². The number of non-ortho nitro benzene ring substituents is 1. The number of aliphatic carboxylic acids is 1. The molecule has 0 aromatic heterocycles. The first-order chi connectivity index (χ1) is 9.40. The third-order valence-corrected chi connectivity index (χ3v) is 3.22. The molecule has 1 aliphatic rings. The zero-order valence-corrected chi connectivity index (χ0v) is 10.9. The molecule has 1 aromatic rings. The number of carbonyl (C=O) groups excluding carboxylic acids is 1. The lowest BCUT2D eigenvalue weighted by molar-refractivity contribution is -0.384. The van der Waals surface area contributed by atoms with Crippen LogP contribution in [-0.2, 0) is 4.79 Å². The molecule has 0 spiro atoms. The van der Waals surface area contributed by atoms with E-state index in [0.717, 1.165) is 12.8 Å². The standard InChI is InChI=1S/C13H14N2O5/c1-8-2-3-10(15(19)20)6-11(8)13(18)14(7-12(16)17)9-4-5-9/h2-3,6,9H,4-5,7H2,1H3,(H,16,17). The van der Waals surface area contributed by atoms with Gasteiger partial charge in [-0.3, -0.25) is 19.7 Å². The normalized spacial score (nSPS) is 13.8. The molecule has 0 unspecified atom stereocenters. The summed E-state index contributed by atoms with van der Waals surface area (Å²) in [4.78, 5) is 34.7. The Morgan fingerprint density at radius 2 is 2.10 bits per heavy atom. The van der Waals surface area contributed by atoms with Gasteiger partial charge >= 0.3 is 5.97 Å². The van der Waals surface area contributed by atoms with Crippen molar-refractivity contribution in [3.8, 4) is 0 Å². The number of hydrogen-bond donors (Lipinski definition) is 1. The maximum atomic E-state index is 12.4. The van der Waals surface area contributed by atoms with Crippen molar-refractivity contribution in [2.24, 2.45) is 0 Å². The number of nitro groups is 1. The Labute approximate surface area is 115 Å². The summed E-state index contributed by atoms with van der Waals surface area (Å²) < 4.78 is 0. The number of rotatable bonds is 5. The molecule has 1 aliphatic carbocycles. The van der Waals surface area contributed by atoms with E-state index in [-0.39, 0.29) is 23.8 Å². The Morgan fingerprint density at radius 1 is 1.45 bits per heavy atom. The molecule has 20 heavy (non-hydrogen) atoms. The van der Waals surface area contributed by atoms with Crippen LogP contribution in [-0.4, -0.2) is 39.4 Å². The van der Waals surface area contributed by atoms with Gasteiger partial charge < -0.3 is 10.0 Å². The van der Waals surface area contributed by atoms with Gasteiger partial charge in [0.25, 0.3) is 11.6 Å². The SMILES string of the molecule is Cc1ccc([N+](=O)[O-])cc1C(=O)N(CC(=O)O)C1CC1. The molecule has 1 N–H and O–H groups in total. The van der Waals surface area contributed by atoms with Gasteiger partial charge in [0.05, 0.1) is 4.92 Å². The summed E-state index contributed by atoms with van der Waals surface area (Å²) in [5, 5.41) is 19.6. The molecule has 0 bridgehead atoms. The monoisotopic (exact) mass is 278 g/mol. The molecule has 2 rings (SSSR count). The number of carboxylic acids is 1. The summed E-state index contributed by atoms with van der Waals surface area (Å²) in [6, 6.07) is 3.95. The van der Waals surface area contributed by atoms with E-state index in [1.54, 1.807) is 6.92 Å². The van der Waals surface area contributed by atoms with Crippen LogP contribution in [0.3, 0.4) is 0 Å². The molecule has 0 atom stereocenters. The minimum atomic E-state index is -1.09. The number of aryl methyl sites for hydroxylation is 1. The summed E-state index contributed by atoms with van der Waals surface area (Å²) in [5.41, 5.74) is 0.606. The van der Waals surface area contributed by atoms with Gasteiger partial charge in [-0.2, -0.15) is 0 Å². The maximum Gasteiger partial charge on any atom is 0.323 e. The highest BCUT2D eigenvalue weighted by Gasteiger charge is 2.35. The van der Waals surface area contributed by atoms with Crippen LogP contribution >= 0.6 is 0 Å². The van der Waals surface area contributed by atoms with E-state index in [0.29, 0.717) is 5.56 Å². The predicted molar refractivity (Wildman–Crippen MR) is 69.5 cm³/mol. The Morgan fingerprint density at radius 3 is 2.60 bits per heavy atom. The maximum absolute atomic E-state index is 12.4. The number of nitrogens with zero attached hydrogens (tertiary/aromatic N) is 2. The minimum absolute atomic E-state index is 0.0720. The number of amides is 1. The van der Waals surface area contributed by atoms with Gasteiger partial charge in [0, 0.05) is 23.7 Å². The molecule has 1 saturated carbocycles. The number of benzene rings is 1. The van der Waals surface area contributed by atoms with Gasteiger partial charge in [-0.25, -0.2) is 0 Å². The Hall–Kier alpha value is -2.44. The molecular weight excluding hydrogens is 264 g/mol. The summed E-state index contributed by atoms with van der Waals surface area (Å²) in [7, 11) is 0. The molecule has 0 heterocycles. The smallest absolute Gasteiger partial charge is 0.323 e. The van der Waals surface area contributed by atoms with Crippen molar-refractivity contribution < 1.29 is 19.6 Å². The Kier molecular flexibility index (Phi) is 3.69. The minimum Gasteiger partial charge on any atom is -0.480 e. The van der Waals surface area contributed by atoms with Crippen LogP contribution in [0.2, 0.25) is 0 Å². The van der Waals surface area contributed by atoms with Gasteiger partial charge in [-0.15, -0.1) is 0 Å². The highest BCUT2D eigenvalue weighted by atomic mass is 16.6. The summed E-state index contributed by atoms with van der Waals surface area (Å²) >= 11 is 0. The third kappa shape index (κ3) is 2.93. The van der Waals surface area contributed by atoms with Crippen molar-refractivity contribution in [3.05, 3.63) is 39.4 Å². The lowest BCUT2D eigenvalue weighted by Gasteiger charge is -2.21. The zero-order valence-electron chi connectivity index (χ0n) is 10.9. The van der Waals surface area contributed by atoms with Crippen LogP contribution in [0.15, 0.2) is 18.2 Å². The molecule has 7 nitrogen and oxygen atoms in total. The first-order valence-electron chi connectivity index (χ1n) is 6.18. The van der Waals surface area contributed by atoms with Crippen molar-refractivity contribution in [3.63, 3.8) is 0 Å². The van der Waals surface area contributed by atoms with E-state index in [1.807, 2.05) is 0 Å². The molecule has 1 amide bonds. The largest absolute Gasteiger partial charge is 0.480 e. The fraction of sp³-hybridized carbons (Fsp3) is 0.385. The van der Waals surface area contributed by atoms with Gasteiger partial charge in [0.1, 0.15) is 6.54 Å². The Bertz CT molecular complexity index is 580. The quantitative estimate of drug-likeness (QED) is 0.651. The highest BCUT2D eigenvalue weighted by molar-refractivity contribution is 5.98. The predicted octanol–water partition coefficient (Wildman–Crippen LogP) is 1.59. The first-order valence-corrected chi connectivity index (χ1v) is 6.18. The van der Waals surface area contributed by atoms with Crippen molar-refractivity contribution in [2.45, 2.75) is 25.8 Å². The van der Waals surface area contributed by atoms with Crippen molar-refractivity contribution in [1.29, 1.82) is 0 Å². The molecule has 1 aromatic carbocycles. The number of carbonyl (C=O) groups is 2. The van der Waals surface area contributed by atoms with Crippen molar-refractivity contribution >= 4 is 17.6 Å². The Balaban J connectivity index is 2.33. The average Bonchev–Trinajstić information content (AvgIpc) is 3.19. The second-order valence-corrected chi connectivity index (χ2v) is 4.81. The lowest BCUT2D eigenvalue weighted by Crippen LogP contribution is -2.37. The second kappa shape index (κ2) is 5.28. The first kappa shape index (κ1) is 14.0. The van der Waals surface area contributed by atoms with Crippen molar-refractivity contribution in [2.75, 3.05) is 6.54 Å². The topological polar surface area (TPSA) is 101 Å². The van der Waals surface area contributed by atoms with Crippen LogP contribution in [0.25, 0.3) is 0 Å². The molecular formula is C13H14N2O5. The second-order valence-electron chi connectivity index (χ2n) is 4.81. The third-order valence-electron chi connectivity index (χ3n) is 3.22. The van der Waals surface area contributed by atoms with Crippen LogP contribution in [0.4, 0.5) is 5.69 Å². The van der Waals surface area contributed by atoms with Crippen LogP contribution in [0.1, 0.15) is 28.8 Å². The lowest BCUT2D eigenvalue weighted by atomic mass is 10.1. The number of carboxylic acid groups (broad SMARTS) is 1. The molecule has 0 radical (unpaired) electrons. The molecule has 1 fully saturated rings. The number of nitro benzene ring substituents is 1. The molecule has 0 saturated heterocycles. The zero-order chi connectivity index (χ0) is 14.9.